The third kappa shape index (κ3) is 13.4. The van der Waals surface area contributed by atoms with Crippen LogP contribution in [0.1, 0.15) is 44.5 Å². The van der Waals surface area contributed by atoms with E-state index in [1.165, 1.54) is 0 Å². The fourth-order valence-corrected chi connectivity index (χ4v) is 4.54. The van der Waals surface area contributed by atoms with E-state index in [4.69, 9.17) is 44.6 Å². The molecule has 0 aromatic heterocycles. The minimum absolute atomic E-state index is 0.0642. The molecule has 0 saturated heterocycles. The molecule has 46 heavy (non-hydrogen) atoms. The van der Waals surface area contributed by atoms with Crippen molar-refractivity contribution in [3.8, 4) is 23.7 Å². The predicted octanol–water partition coefficient (Wildman–Crippen LogP) is 0.588. The minimum atomic E-state index is -0.0642. The molecule has 0 aliphatic heterocycles. The van der Waals surface area contributed by atoms with E-state index in [1.54, 1.807) is 0 Å². The maximum Gasteiger partial charge on any atom is 0.185 e. The fraction of sp³-hybridized carbons (Fsp3) is 0.235. The van der Waals surface area contributed by atoms with Gasteiger partial charge in [-0.1, -0.05) is 35.8 Å². The summed E-state index contributed by atoms with van der Waals surface area (Å²) in [4.78, 5) is 0. The molecule has 0 aliphatic rings. The molecule has 0 radical (unpaired) electrons. The molecule has 0 unspecified atom stereocenters. The molecule has 0 saturated carbocycles. The second kappa shape index (κ2) is 17.9. The minimum Gasteiger partial charge on any atom is -0.370 e. The zero-order chi connectivity index (χ0) is 33.3. The Labute approximate surface area is 270 Å². The zero-order valence-corrected chi connectivity index (χ0v) is 25.7. The van der Waals surface area contributed by atoms with E-state index < -0.39 is 0 Å². The highest BCUT2D eigenvalue weighted by Gasteiger charge is 2.04. The summed E-state index contributed by atoms with van der Waals surface area (Å²) in [6, 6.07) is 20.1. The molecule has 238 valence electrons. The summed E-state index contributed by atoms with van der Waals surface area (Å²) in [6.45, 7) is 2.17. The van der Waals surface area contributed by atoms with Gasteiger partial charge in [-0.15, -0.1) is 0 Å². The second-order valence-electron chi connectivity index (χ2n) is 10.5. The Hall–Kier alpha value is -6.14. The highest BCUT2D eigenvalue weighted by atomic mass is 15.0. The Bertz CT molecular complexity index is 1470. The van der Waals surface area contributed by atoms with Gasteiger partial charge in [0.2, 0.25) is 0 Å². The van der Waals surface area contributed by atoms with Gasteiger partial charge in [0.05, 0.1) is 0 Å². The van der Waals surface area contributed by atoms with E-state index in [2.05, 4.69) is 57.1 Å². The van der Waals surface area contributed by atoms with Crippen molar-refractivity contribution < 1.29 is 0 Å². The second-order valence-corrected chi connectivity index (χ2v) is 10.5. The number of hydrogen-bond donors (Lipinski definition) is 12. The molecule has 3 rings (SSSR count). The van der Waals surface area contributed by atoms with E-state index in [0.717, 1.165) is 44.5 Å². The quantitative estimate of drug-likeness (QED) is 0.0776. The van der Waals surface area contributed by atoms with Crippen LogP contribution in [-0.2, 0) is 25.7 Å². The topological polar surface area (TPSA) is 248 Å². The van der Waals surface area contributed by atoms with Gasteiger partial charge in [-0.2, -0.15) is 0 Å². The van der Waals surface area contributed by atoms with Gasteiger partial charge in [-0.3, -0.25) is 21.6 Å². The van der Waals surface area contributed by atoms with Crippen molar-refractivity contribution in [1.29, 1.82) is 21.6 Å². The van der Waals surface area contributed by atoms with Gasteiger partial charge in [0.1, 0.15) is 0 Å². The van der Waals surface area contributed by atoms with Crippen LogP contribution in [0.3, 0.4) is 0 Å². The molecule has 12 nitrogen and oxygen atoms in total. The lowest BCUT2D eigenvalue weighted by molar-refractivity contribution is 0.837. The molecular weight excluding hydrogens is 576 g/mol. The van der Waals surface area contributed by atoms with Crippen LogP contribution in [0, 0.1) is 45.3 Å². The highest BCUT2D eigenvalue weighted by molar-refractivity contribution is 5.75. The maximum absolute atomic E-state index is 7.38. The van der Waals surface area contributed by atoms with E-state index in [-0.39, 0.29) is 23.8 Å². The van der Waals surface area contributed by atoms with Crippen LogP contribution < -0.4 is 44.2 Å². The van der Waals surface area contributed by atoms with Crippen LogP contribution in [0.15, 0.2) is 60.7 Å². The van der Waals surface area contributed by atoms with Crippen molar-refractivity contribution in [3.05, 3.63) is 105 Å². The average Bonchev–Trinajstić information content (AvgIpc) is 2.99. The average molecular weight is 619 g/mol. The van der Waals surface area contributed by atoms with Gasteiger partial charge in [0.25, 0.3) is 0 Å². The normalized spacial score (nSPS) is 9.91. The number of benzene rings is 3. The van der Waals surface area contributed by atoms with Crippen LogP contribution in [0.25, 0.3) is 0 Å². The first-order chi connectivity index (χ1) is 22.0. The van der Waals surface area contributed by atoms with Crippen LogP contribution in [-0.4, -0.2) is 50.0 Å². The van der Waals surface area contributed by atoms with Gasteiger partial charge in [0.15, 0.2) is 23.8 Å². The van der Waals surface area contributed by atoms with Crippen LogP contribution >= 0.6 is 0 Å². The molecule has 3 aromatic carbocycles. The van der Waals surface area contributed by atoms with Gasteiger partial charge >= 0.3 is 0 Å². The van der Waals surface area contributed by atoms with Crippen molar-refractivity contribution >= 4 is 23.8 Å². The maximum atomic E-state index is 7.38. The summed E-state index contributed by atoms with van der Waals surface area (Å²) >= 11 is 0. The molecule has 0 bridgehead atoms. The number of nitrogens with one attached hydrogen (secondary N) is 8. The molecule has 16 N–H and O–H groups in total. The summed E-state index contributed by atoms with van der Waals surface area (Å²) in [6.07, 6.45) is 2.74. The lowest BCUT2D eigenvalue weighted by Crippen LogP contribution is -2.32. The fourth-order valence-electron chi connectivity index (χ4n) is 4.54. The Morgan fingerprint density at radius 1 is 0.413 bits per heavy atom. The van der Waals surface area contributed by atoms with Gasteiger partial charge in [-0.05, 0) is 96.5 Å². The molecule has 0 heterocycles. The molecule has 0 atom stereocenters. The standard InChI is InChI=1S/C34H42N12/c35-31(36)43-13-9-27-17-25(18-28(21-27)10-14-44-32(37)38)7-5-23-1-2-24(4-3-23)6-8-26-19-29(11-15-45-33(39)40)22-30(20-26)12-16-46-34(41)42/h1-4,17-22H,9-16H2,(H4,35,36,43)(H4,37,38,44)(H4,39,40,45)(H4,41,42,46). The summed E-state index contributed by atoms with van der Waals surface area (Å²) in [5, 5.41) is 40.9. The van der Waals surface area contributed by atoms with Gasteiger partial charge < -0.3 is 44.2 Å². The lowest BCUT2D eigenvalue weighted by atomic mass is 10.0. The molecule has 0 spiro atoms. The number of guanidine groups is 4. The predicted molar refractivity (Wildman–Crippen MR) is 186 cm³/mol. The highest BCUT2D eigenvalue weighted by Crippen LogP contribution is 2.13. The number of hydrogen-bond acceptors (Lipinski definition) is 4. The lowest BCUT2D eigenvalue weighted by Gasteiger charge is -2.09. The molecule has 0 fully saturated rings. The third-order valence-corrected chi connectivity index (χ3v) is 6.61. The first-order valence-electron chi connectivity index (χ1n) is 14.8. The Kier molecular flexibility index (Phi) is 13.3. The van der Waals surface area contributed by atoms with E-state index in [1.807, 2.05) is 48.5 Å². The Morgan fingerprint density at radius 3 is 0.891 bits per heavy atom. The molecular formula is C34H42N12. The van der Waals surface area contributed by atoms with Crippen molar-refractivity contribution in [2.45, 2.75) is 25.7 Å². The number of nitrogens with two attached hydrogens (primary N) is 4. The Morgan fingerprint density at radius 2 is 0.652 bits per heavy atom. The first-order valence-corrected chi connectivity index (χ1v) is 14.8. The van der Waals surface area contributed by atoms with Crippen molar-refractivity contribution in [1.82, 2.24) is 21.3 Å². The van der Waals surface area contributed by atoms with Crippen molar-refractivity contribution in [2.24, 2.45) is 22.9 Å². The first kappa shape index (κ1) is 34.4. The summed E-state index contributed by atoms with van der Waals surface area (Å²) in [5.74, 6) is 12.7. The van der Waals surface area contributed by atoms with Gasteiger partial charge in [0, 0.05) is 48.4 Å². The third-order valence-electron chi connectivity index (χ3n) is 6.61. The van der Waals surface area contributed by atoms with Crippen LogP contribution in [0.4, 0.5) is 0 Å². The SMILES string of the molecule is N=C(N)NCCc1cc(C#Cc2ccc(C#Cc3cc(CCNC(=N)N)cc(CCNC(=N)N)c3)cc2)cc(CCNC(=N)N)c1. The molecule has 0 aliphatic carbocycles. The van der Waals surface area contributed by atoms with Crippen LogP contribution in [0.2, 0.25) is 0 Å². The monoisotopic (exact) mass is 618 g/mol. The van der Waals surface area contributed by atoms with Gasteiger partial charge in [-0.25, -0.2) is 0 Å². The summed E-state index contributed by atoms with van der Waals surface area (Å²) in [7, 11) is 0. The molecule has 0 amide bonds. The smallest absolute Gasteiger partial charge is 0.185 e. The molecule has 3 aromatic rings. The summed E-state index contributed by atoms with van der Waals surface area (Å²) in [5.41, 5.74) is 29.4. The van der Waals surface area contributed by atoms with E-state index in [9.17, 15) is 0 Å². The zero-order valence-electron chi connectivity index (χ0n) is 25.7. The summed E-state index contributed by atoms with van der Waals surface area (Å²) < 4.78 is 0. The largest absolute Gasteiger partial charge is 0.370 e. The molecule has 12 heteroatoms. The van der Waals surface area contributed by atoms with E-state index in [0.29, 0.717) is 51.9 Å². The number of rotatable bonds is 12. The van der Waals surface area contributed by atoms with Crippen molar-refractivity contribution in [2.75, 3.05) is 26.2 Å². The van der Waals surface area contributed by atoms with E-state index >= 15 is 0 Å². The van der Waals surface area contributed by atoms with Crippen LogP contribution in [0.5, 0.6) is 0 Å². The Balaban J connectivity index is 1.76. The van der Waals surface area contributed by atoms with Crippen molar-refractivity contribution in [3.63, 3.8) is 0 Å².